The van der Waals surface area contributed by atoms with Crippen LogP contribution in [0.15, 0.2) is 29.6 Å². The number of thiazole rings is 1. The van der Waals surface area contributed by atoms with Gasteiger partial charge in [0.25, 0.3) is 0 Å². The van der Waals surface area contributed by atoms with Crippen molar-refractivity contribution in [3.05, 3.63) is 52.2 Å². The molecule has 1 saturated heterocycles. The van der Waals surface area contributed by atoms with Gasteiger partial charge in [0.2, 0.25) is 5.91 Å². The highest BCUT2D eigenvalue weighted by Gasteiger charge is 2.24. The highest BCUT2D eigenvalue weighted by atomic mass is 32.1. The predicted molar refractivity (Wildman–Crippen MR) is 113 cm³/mol. The number of benzene rings is 1. The fourth-order valence-electron chi connectivity index (χ4n) is 3.37. The van der Waals surface area contributed by atoms with Gasteiger partial charge in [0.05, 0.1) is 23.5 Å². The molecule has 0 spiro atoms. The summed E-state index contributed by atoms with van der Waals surface area (Å²) in [5.74, 6) is 0.435. The highest BCUT2D eigenvalue weighted by Crippen LogP contribution is 2.23. The molecule has 0 radical (unpaired) electrons. The van der Waals surface area contributed by atoms with Gasteiger partial charge in [-0.05, 0) is 44.0 Å². The number of hydrogen-bond acceptors (Lipinski definition) is 5. The normalized spacial score (nSPS) is 13.6. The van der Waals surface area contributed by atoms with Gasteiger partial charge in [0.1, 0.15) is 5.82 Å². The Bertz CT molecular complexity index is 1070. The van der Waals surface area contributed by atoms with E-state index in [0.29, 0.717) is 29.7 Å². The first-order valence-corrected chi connectivity index (χ1v) is 10.2. The van der Waals surface area contributed by atoms with Crippen LogP contribution in [-0.2, 0) is 11.2 Å². The van der Waals surface area contributed by atoms with E-state index in [1.165, 1.54) is 11.3 Å². The molecule has 1 aliphatic heterocycles. The van der Waals surface area contributed by atoms with Crippen molar-refractivity contribution in [2.75, 3.05) is 23.3 Å². The van der Waals surface area contributed by atoms with Gasteiger partial charge in [-0.15, -0.1) is 11.3 Å². The first-order chi connectivity index (χ1) is 13.9. The lowest BCUT2D eigenvalue weighted by molar-refractivity contribution is -0.115. The third-order valence-corrected chi connectivity index (χ3v) is 5.43. The van der Waals surface area contributed by atoms with E-state index < -0.39 is 0 Å². The van der Waals surface area contributed by atoms with Crippen LogP contribution in [0.5, 0.6) is 0 Å². The van der Waals surface area contributed by atoms with Crippen molar-refractivity contribution in [1.29, 1.82) is 0 Å². The number of amides is 3. The van der Waals surface area contributed by atoms with Crippen LogP contribution in [0.4, 0.5) is 15.7 Å². The zero-order valence-electron chi connectivity index (χ0n) is 16.5. The van der Waals surface area contributed by atoms with Gasteiger partial charge < -0.3 is 10.6 Å². The molecular formula is C20H22N6O2S. The monoisotopic (exact) mass is 410 g/mol. The molecule has 4 rings (SSSR count). The molecule has 1 aromatic carbocycles. The molecular weight excluding hydrogens is 388 g/mol. The average molecular weight is 411 g/mol. The van der Waals surface area contributed by atoms with Gasteiger partial charge in [0, 0.05) is 24.5 Å². The SMILES string of the molecule is Cc1cc(C)cc(-n2nc(C)cc2NC(=O)Cc2csc(N3CCNC3=O)n2)c1. The maximum atomic E-state index is 12.6. The molecule has 0 saturated carbocycles. The largest absolute Gasteiger partial charge is 0.336 e. The van der Waals surface area contributed by atoms with Crippen molar-refractivity contribution in [3.63, 3.8) is 0 Å². The van der Waals surface area contributed by atoms with Gasteiger partial charge in [-0.25, -0.2) is 14.5 Å². The molecule has 1 fully saturated rings. The van der Waals surface area contributed by atoms with Crippen LogP contribution >= 0.6 is 11.3 Å². The summed E-state index contributed by atoms with van der Waals surface area (Å²) in [7, 11) is 0. The first kappa shape index (κ1) is 19.1. The summed E-state index contributed by atoms with van der Waals surface area (Å²) >= 11 is 1.36. The van der Waals surface area contributed by atoms with Crippen molar-refractivity contribution in [3.8, 4) is 5.69 Å². The van der Waals surface area contributed by atoms with Crippen molar-refractivity contribution in [1.82, 2.24) is 20.1 Å². The van der Waals surface area contributed by atoms with Gasteiger partial charge >= 0.3 is 6.03 Å². The summed E-state index contributed by atoms with van der Waals surface area (Å²) < 4.78 is 1.74. The molecule has 3 aromatic rings. The summed E-state index contributed by atoms with van der Waals surface area (Å²) in [5, 5.41) is 12.6. The summed E-state index contributed by atoms with van der Waals surface area (Å²) in [4.78, 5) is 30.4. The minimum Gasteiger partial charge on any atom is -0.336 e. The molecule has 3 heterocycles. The van der Waals surface area contributed by atoms with Crippen LogP contribution in [0, 0.1) is 20.8 Å². The Labute approximate surface area is 172 Å². The van der Waals surface area contributed by atoms with E-state index in [1.54, 1.807) is 9.58 Å². The molecule has 150 valence electrons. The number of nitrogens with zero attached hydrogens (tertiary/aromatic N) is 4. The minimum atomic E-state index is -0.182. The number of anilines is 2. The predicted octanol–water partition coefficient (Wildman–Crippen LogP) is 2.96. The smallest absolute Gasteiger partial charge is 0.323 e. The third-order valence-electron chi connectivity index (χ3n) is 4.52. The molecule has 0 bridgehead atoms. The summed E-state index contributed by atoms with van der Waals surface area (Å²) in [6.07, 6.45) is 0.128. The van der Waals surface area contributed by atoms with Gasteiger partial charge in [-0.1, -0.05) is 6.07 Å². The maximum Gasteiger partial charge on any atom is 0.323 e. The van der Waals surface area contributed by atoms with Crippen LogP contribution < -0.4 is 15.5 Å². The zero-order valence-corrected chi connectivity index (χ0v) is 17.3. The Kier molecular flexibility index (Phi) is 5.06. The number of aromatic nitrogens is 3. The minimum absolute atomic E-state index is 0.128. The number of urea groups is 1. The van der Waals surface area contributed by atoms with E-state index in [4.69, 9.17) is 0 Å². The van der Waals surface area contributed by atoms with Gasteiger partial charge in [0.15, 0.2) is 5.13 Å². The number of hydrogen-bond donors (Lipinski definition) is 2. The van der Waals surface area contributed by atoms with Crippen LogP contribution in [-0.4, -0.2) is 39.8 Å². The van der Waals surface area contributed by atoms with Crippen molar-refractivity contribution >= 4 is 34.2 Å². The van der Waals surface area contributed by atoms with E-state index in [2.05, 4.69) is 26.8 Å². The second-order valence-electron chi connectivity index (χ2n) is 7.16. The molecule has 2 N–H and O–H groups in total. The molecule has 9 heteroatoms. The maximum absolute atomic E-state index is 12.6. The Morgan fingerprint density at radius 2 is 1.97 bits per heavy atom. The third kappa shape index (κ3) is 4.14. The van der Waals surface area contributed by atoms with Crippen molar-refractivity contribution < 1.29 is 9.59 Å². The lowest BCUT2D eigenvalue weighted by atomic mass is 10.1. The number of carbonyl (C=O) groups is 2. The van der Waals surface area contributed by atoms with Gasteiger partial charge in [-0.3, -0.25) is 9.69 Å². The zero-order chi connectivity index (χ0) is 20.5. The van der Waals surface area contributed by atoms with E-state index in [1.807, 2.05) is 44.4 Å². The fraction of sp³-hybridized carbons (Fsp3) is 0.300. The van der Waals surface area contributed by atoms with Gasteiger partial charge in [-0.2, -0.15) is 5.10 Å². The number of carbonyl (C=O) groups excluding carboxylic acids is 2. The second kappa shape index (κ2) is 7.67. The van der Waals surface area contributed by atoms with E-state index in [9.17, 15) is 9.59 Å². The standard InChI is InChI=1S/C20H22N6O2S/c1-12-6-13(2)8-16(7-12)26-17(9-14(3)24-26)23-18(27)10-15-11-29-20(22-15)25-5-4-21-19(25)28/h6-9,11H,4-5,10H2,1-3H3,(H,21,28)(H,23,27). The Balaban J connectivity index is 1.49. The first-order valence-electron chi connectivity index (χ1n) is 9.34. The highest BCUT2D eigenvalue weighted by molar-refractivity contribution is 7.14. The molecule has 8 nitrogen and oxygen atoms in total. The lowest BCUT2D eigenvalue weighted by Gasteiger charge is -2.10. The molecule has 0 aliphatic carbocycles. The van der Waals surface area contributed by atoms with Crippen LogP contribution in [0.2, 0.25) is 0 Å². The molecule has 1 aliphatic rings. The quantitative estimate of drug-likeness (QED) is 0.676. The molecule has 29 heavy (non-hydrogen) atoms. The second-order valence-corrected chi connectivity index (χ2v) is 8.00. The van der Waals surface area contributed by atoms with Crippen molar-refractivity contribution in [2.45, 2.75) is 27.2 Å². The Morgan fingerprint density at radius 3 is 2.66 bits per heavy atom. The van der Waals surface area contributed by atoms with E-state index in [-0.39, 0.29) is 18.4 Å². The van der Waals surface area contributed by atoms with Crippen LogP contribution in [0.25, 0.3) is 5.69 Å². The molecule has 2 aromatic heterocycles. The molecule has 0 atom stereocenters. The van der Waals surface area contributed by atoms with Crippen LogP contribution in [0.3, 0.4) is 0 Å². The number of rotatable bonds is 5. The molecule has 3 amide bonds. The summed E-state index contributed by atoms with van der Waals surface area (Å²) in [5.41, 5.74) is 4.62. The summed E-state index contributed by atoms with van der Waals surface area (Å²) in [6, 6.07) is 7.85. The van der Waals surface area contributed by atoms with E-state index >= 15 is 0 Å². The fourth-order valence-corrected chi connectivity index (χ4v) is 4.21. The topological polar surface area (TPSA) is 92.2 Å². The lowest BCUT2D eigenvalue weighted by Crippen LogP contribution is -2.27. The molecule has 0 unspecified atom stereocenters. The number of nitrogens with one attached hydrogen (secondary N) is 2. The van der Waals surface area contributed by atoms with Crippen LogP contribution in [0.1, 0.15) is 22.5 Å². The van der Waals surface area contributed by atoms with E-state index in [0.717, 1.165) is 22.5 Å². The average Bonchev–Trinajstić information content (AvgIpc) is 3.34. The van der Waals surface area contributed by atoms with Crippen molar-refractivity contribution in [2.24, 2.45) is 0 Å². The Hall–Kier alpha value is -3.20. The summed E-state index contributed by atoms with van der Waals surface area (Å²) in [6.45, 7) is 7.15. The Morgan fingerprint density at radius 1 is 1.21 bits per heavy atom. The number of aryl methyl sites for hydroxylation is 3.